The van der Waals surface area contributed by atoms with Crippen LogP contribution >= 0.6 is 11.8 Å². The Hall–Kier alpha value is -1.20. The van der Waals surface area contributed by atoms with Crippen molar-refractivity contribution in [2.75, 3.05) is 30.3 Å². The van der Waals surface area contributed by atoms with Crippen LogP contribution in [0.25, 0.3) is 0 Å². The molecule has 0 spiro atoms. The minimum Gasteiger partial charge on any atom is -0.399 e. The molecule has 0 radical (unpaired) electrons. The van der Waals surface area contributed by atoms with Crippen molar-refractivity contribution < 1.29 is 4.79 Å². The summed E-state index contributed by atoms with van der Waals surface area (Å²) in [6, 6.07) is 7.74. The Balaban J connectivity index is 2.48. The van der Waals surface area contributed by atoms with E-state index in [1.54, 1.807) is 0 Å². The number of nitrogens with two attached hydrogens (primary N) is 2. The van der Waals surface area contributed by atoms with Gasteiger partial charge < -0.3 is 11.5 Å². The van der Waals surface area contributed by atoms with Crippen LogP contribution < -0.4 is 11.5 Å². The number of hydrogen-bond acceptors (Lipinski definition) is 4. The first-order valence-electron chi connectivity index (χ1n) is 6.54. The quantitative estimate of drug-likeness (QED) is 0.534. The molecule has 106 valence electrons. The molecule has 0 heterocycles. The Kier molecular flexibility index (Phi) is 7.36. The number of benzene rings is 1. The highest BCUT2D eigenvalue weighted by Gasteiger charge is 2.08. The van der Waals surface area contributed by atoms with Crippen LogP contribution in [-0.4, -0.2) is 35.4 Å². The fourth-order valence-electron chi connectivity index (χ4n) is 1.85. The predicted molar refractivity (Wildman–Crippen MR) is 82.9 cm³/mol. The molecule has 0 fully saturated rings. The van der Waals surface area contributed by atoms with Crippen molar-refractivity contribution in [3.8, 4) is 0 Å². The molecule has 4 nitrogen and oxygen atoms in total. The van der Waals surface area contributed by atoms with Crippen molar-refractivity contribution >= 4 is 23.4 Å². The number of thioether (sulfide) groups is 1. The largest absolute Gasteiger partial charge is 0.399 e. The number of amides is 1. The second-order valence-electron chi connectivity index (χ2n) is 4.47. The van der Waals surface area contributed by atoms with Gasteiger partial charge in [0.25, 0.3) is 0 Å². The third-order valence-electron chi connectivity index (χ3n) is 2.73. The number of carbonyl (C=O) groups is 1. The number of carbonyl (C=O) groups excluding carboxylic acids is 1. The first kappa shape index (κ1) is 15.9. The molecular weight excluding hydrogens is 258 g/mol. The summed E-state index contributed by atoms with van der Waals surface area (Å²) in [4.78, 5) is 13.2. The molecule has 0 atom stereocenters. The molecule has 5 heteroatoms. The summed E-state index contributed by atoms with van der Waals surface area (Å²) in [6.45, 7) is 4.09. The van der Waals surface area contributed by atoms with Crippen LogP contribution in [0.2, 0.25) is 0 Å². The van der Waals surface area contributed by atoms with Gasteiger partial charge in [0.1, 0.15) is 0 Å². The zero-order chi connectivity index (χ0) is 14.1. The van der Waals surface area contributed by atoms with E-state index in [0.717, 1.165) is 42.3 Å². The van der Waals surface area contributed by atoms with Crippen molar-refractivity contribution in [2.24, 2.45) is 5.73 Å². The van der Waals surface area contributed by atoms with E-state index in [4.69, 9.17) is 11.5 Å². The highest BCUT2D eigenvalue weighted by molar-refractivity contribution is 7.99. The summed E-state index contributed by atoms with van der Waals surface area (Å²) < 4.78 is 0. The number of nitrogens with zero attached hydrogens (tertiary/aromatic N) is 1. The predicted octanol–water partition coefficient (Wildman–Crippen LogP) is 1.70. The zero-order valence-electron chi connectivity index (χ0n) is 11.5. The van der Waals surface area contributed by atoms with Crippen LogP contribution in [0.4, 0.5) is 5.69 Å². The van der Waals surface area contributed by atoms with Gasteiger partial charge in [-0.25, -0.2) is 0 Å². The maximum atomic E-state index is 11.1. The summed E-state index contributed by atoms with van der Waals surface area (Å²) in [5.74, 6) is 1.97. The number of primary amides is 1. The molecule has 1 aromatic rings. The lowest BCUT2D eigenvalue weighted by Gasteiger charge is -2.20. The molecule has 0 aliphatic heterocycles. The van der Waals surface area contributed by atoms with Gasteiger partial charge in [0.2, 0.25) is 5.91 Å². The van der Waals surface area contributed by atoms with Gasteiger partial charge in [0, 0.05) is 12.2 Å². The van der Waals surface area contributed by atoms with E-state index in [-0.39, 0.29) is 5.91 Å². The summed E-state index contributed by atoms with van der Waals surface area (Å²) in [5, 5.41) is 0. The van der Waals surface area contributed by atoms with Gasteiger partial charge in [-0.3, -0.25) is 9.69 Å². The number of rotatable bonds is 9. The average Bonchev–Trinajstić information content (AvgIpc) is 2.36. The van der Waals surface area contributed by atoms with E-state index in [9.17, 15) is 4.79 Å². The topological polar surface area (TPSA) is 72.3 Å². The van der Waals surface area contributed by atoms with E-state index in [0.29, 0.717) is 6.54 Å². The van der Waals surface area contributed by atoms with Crippen molar-refractivity contribution in [3.63, 3.8) is 0 Å². The maximum absolute atomic E-state index is 11.1. The third-order valence-corrected chi connectivity index (χ3v) is 3.72. The van der Waals surface area contributed by atoms with Gasteiger partial charge in [-0.05, 0) is 42.2 Å². The van der Waals surface area contributed by atoms with E-state index in [2.05, 4.69) is 11.8 Å². The van der Waals surface area contributed by atoms with Crippen molar-refractivity contribution in [1.82, 2.24) is 4.90 Å². The molecule has 0 saturated heterocycles. The van der Waals surface area contributed by atoms with Crippen LogP contribution in [0.5, 0.6) is 0 Å². The second kappa shape index (κ2) is 8.82. The summed E-state index contributed by atoms with van der Waals surface area (Å²) in [6.07, 6.45) is 1.07. The molecule has 19 heavy (non-hydrogen) atoms. The molecule has 0 aromatic heterocycles. The monoisotopic (exact) mass is 281 g/mol. The van der Waals surface area contributed by atoms with Crippen molar-refractivity contribution in [3.05, 3.63) is 29.8 Å². The lowest BCUT2D eigenvalue weighted by atomic mass is 10.2. The summed E-state index contributed by atoms with van der Waals surface area (Å²) in [7, 11) is 0. The molecule has 0 bridgehead atoms. The van der Waals surface area contributed by atoms with E-state index in [1.165, 1.54) is 0 Å². The Morgan fingerprint density at radius 2 is 2.00 bits per heavy atom. The van der Waals surface area contributed by atoms with Gasteiger partial charge in [0.05, 0.1) is 6.54 Å². The van der Waals surface area contributed by atoms with E-state index in [1.807, 2.05) is 36.0 Å². The van der Waals surface area contributed by atoms with Gasteiger partial charge in [-0.1, -0.05) is 19.1 Å². The number of anilines is 1. The number of hydrogen-bond donors (Lipinski definition) is 2. The molecular formula is C14H23N3OS. The molecule has 1 amide bonds. The van der Waals surface area contributed by atoms with Crippen LogP contribution in [-0.2, 0) is 11.3 Å². The Bertz CT molecular complexity index is 381. The zero-order valence-corrected chi connectivity index (χ0v) is 12.3. The molecule has 0 saturated carbocycles. The Labute approximate surface area is 119 Å². The Morgan fingerprint density at radius 1 is 1.32 bits per heavy atom. The highest BCUT2D eigenvalue weighted by atomic mass is 32.2. The standard InChI is InChI=1S/C14H23N3OS/c1-2-19-9-3-8-17(11-14(16)18)10-12-4-6-13(15)7-5-12/h4-7H,2-3,8-11,15H2,1H3,(H2,16,18). The summed E-state index contributed by atoms with van der Waals surface area (Å²) in [5.41, 5.74) is 12.9. The second-order valence-corrected chi connectivity index (χ2v) is 5.86. The average molecular weight is 281 g/mol. The summed E-state index contributed by atoms with van der Waals surface area (Å²) >= 11 is 1.92. The van der Waals surface area contributed by atoms with Crippen molar-refractivity contribution in [1.29, 1.82) is 0 Å². The minimum atomic E-state index is -0.279. The van der Waals surface area contributed by atoms with Gasteiger partial charge in [-0.2, -0.15) is 11.8 Å². The smallest absolute Gasteiger partial charge is 0.231 e. The maximum Gasteiger partial charge on any atom is 0.231 e. The SMILES string of the molecule is CCSCCCN(CC(N)=O)Cc1ccc(N)cc1. The van der Waals surface area contributed by atoms with Crippen LogP contribution in [0.3, 0.4) is 0 Å². The lowest BCUT2D eigenvalue weighted by molar-refractivity contribution is -0.119. The molecule has 1 aromatic carbocycles. The van der Waals surface area contributed by atoms with Gasteiger partial charge in [0.15, 0.2) is 0 Å². The van der Waals surface area contributed by atoms with Gasteiger partial charge in [-0.15, -0.1) is 0 Å². The van der Waals surface area contributed by atoms with Crippen LogP contribution in [0, 0.1) is 0 Å². The van der Waals surface area contributed by atoms with Crippen LogP contribution in [0.15, 0.2) is 24.3 Å². The van der Waals surface area contributed by atoms with E-state index >= 15 is 0 Å². The normalized spacial score (nSPS) is 10.8. The fraction of sp³-hybridized carbons (Fsp3) is 0.500. The molecule has 1 rings (SSSR count). The lowest BCUT2D eigenvalue weighted by Crippen LogP contribution is -2.34. The first-order valence-corrected chi connectivity index (χ1v) is 7.70. The minimum absolute atomic E-state index is 0.279. The van der Waals surface area contributed by atoms with Crippen molar-refractivity contribution in [2.45, 2.75) is 19.9 Å². The molecule has 0 aliphatic rings. The molecule has 0 aliphatic carbocycles. The Morgan fingerprint density at radius 3 is 2.58 bits per heavy atom. The highest BCUT2D eigenvalue weighted by Crippen LogP contribution is 2.10. The third kappa shape index (κ3) is 7.08. The molecule has 0 unspecified atom stereocenters. The number of nitrogen functional groups attached to an aromatic ring is 1. The van der Waals surface area contributed by atoms with E-state index < -0.39 is 0 Å². The van der Waals surface area contributed by atoms with Crippen LogP contribution in [0.1, 0.15) is 18.9 Å². The first-order chi connectivity index (χ1) is 9.11. The van der Waals surface area contributed by atoms with Gasteiger partial charge >= 0.3 is 0 Å². The molecule has 4 N–H and O–H groups in total. The fourth-order valence-corrected chi connectivity index (χ4v) is 2.47.